The first-order valence-corrected chi connectivity index (χ1v) is 9.23. The van der Waals surface area contributed by atoms with E-state index in [1.165, 1.54) is 18.2 Å². The SMILES string of the molecule is CS(=O)(=O)N(CC(=O)NCc1ccccc1F)c1cccc(Cl)c1. The maximum absolute atomic E-state index is 13.5. The number of carbonyl (C=O) groups is 1. The van der Waals surface area contributed by atoms with Gasteiger partial charge in [0.15, 0.2) is 0 Å². The van der Waals surface area contributed by atoms with Gasteiger partial charge in [-0.05, 0) is 24.3 Å². The second kappa shape index (κ2) is 7.63. The first-order valence-electron chi connectivity index (χ1n) is 7.01. The number of anilines is 1. The molecule has 0 aliphatic carbocycles. The van der Waals surface area contributed by atoms with Crippen molar-refractivity contribution in [3.63, 3.8) is 0 Å². The van der Waals surface area contributed by atoms with Crippen molar-refractivity contribution >= 4 is 33.2 Å². The highest BCUT2D eigenvalue weighted by atomic mass is 35.5. The molecule has 128 valence electrons. The number of halogens is 2. The summed E-state index contributed by atoms with van der Waals surface area (Å²) < 4.78 is 38.4. The molecule has 0 radical (unpaired) electrons. The van der Waals surface area contributed by atoms with Gasteiger partial charge in [0.1, 0.15) is 12.4 Å². The van der Waals surface area contributed by atoms with Crippen molar-refractivity contribution in [2.75, 3.05) is 17.1 Å². The summed E-state index contributed by atoms with van der Waals surface area (Å²) in [6, 6.07) is 12.2. The Hall–Kier alpha value is -2.12. The maximum Gasteiger partial charge on any atom is 0.241 e. The summed E-state index contributed by atoms with van der Waals surface area (Å²) in [7, 11) is -3.68. The van der Waals surface area contributed by atoms with Crippen LogP contribution < -0.4 is 9.62 Å². The van der Waals surface area contributed by atoms with Crippen LogP contribution >= 0.6 is 11.6 Å². The standard InChI is InChI=1S/C16H16ClFN2O3S/c1-24(22,23)20(14-7-4-6-13(17)9-14)11-16(21)19-10-12-5-2-3-8-15(12)18/h2-9H,10-11H2,1H3,(H,19,21). The number of rotatable bonds is 6. The topological polar surface area (TPSA) is 66.5 Å². The fourth-order valence-electron chi connectivity index (χ4n) is 2.05. The molecule has 0 fully saturated rings. The van der Waals surface area contributed by atoms with E-state index in [0.717, 1.165) is 10.6 Å². The molecule has 2 rings (SSSR count). The zero-order chi connectivity index (χ0) is 17.7. The molecule has 0 aromatic heterocycles. The van der Waals surface area contributed by atoms with Crippen LogP contribution in [0.4, 0.5) is 10.1 Å². The number of hydrogen-bond donors (Lipinski definition) is 1. The van der Waals surface area contributed by atoms with Crippen molar-refractivity contribution in [1.82, 2.24) is 5.32 Å². The van der Waals surface area contributed by atoms with Crippen molar-refractivity contribution in [3.8, 4) is 0 Å². The summed E-state index contributed by atoms with van der Waals surface area (Å²) in [5, 5.41) is 2.86. The molecule has 2 aromatic rings. The first-order chi connectivity index (χ1) is 11.3. The van der Waals surface area contributed by atoms with Gasteiger partial charge in [-0.3, -0.25) is 9.10 Å². The van der Waals surface area contributed by atoms with Crippen LogP contribution in [0.2, 0.25) is 5.02 Å². The number of carbonyl (C=O) groups excluding carboxylic acids is 1. The molecule has 0 aliphatic heterocycles. The molecule has 0 atom stereocenters. The van der Waals surface area contributed by atoms with Gasteiger partial charge in [0, 0.05) is 17.1 Å². The van der Waals surface area contributed by atoms with Crippen LogP contribution in [-0.2, 0) is 21.4 Å². The molecule has 5 nitrogen and oxygen atoms in total. The van der Waals surface area contributed by atoms with Crippen LogP contribution in [-0.4, -0.2) is 27.1 Å². The normalized spacial score (nSPS) is 11.1. The molecule has 0 unspecified atom stereocenters. The Morgan fingerprint density at radius 3 is 2.54 bits per heavy atom. The number of hydrogen-bond acceptors (Lipinski definition) is 3. The lowest BCUT2D eigenvalue weighted by molar-refractivity contribution is -0.119. The quantitative estimate of drug-likeness (QED) is 0.849. The second-order valence-corrected chi connectivity index (χ2v) is 7.46. The molecule has 0 heterocycles. The highest BCUT2D eigenvalue weighted by Crippen LogP contribution is 2.21. The smallest absolute Gasteiger partial charge is 0.241 e. The Morgan fingerprint density at radius 2 is 1.92 bits per heavy atom. The molecule has 0 aliphatic rings. The van der Waals surface area contributed by atoms with Gasteiger partial charge < -0.3 is 5.32 Å². The number of benzene rings is 2. The van der Waals surface area contributed by atoms with Crippen molar-refractivity contribution in [3.05, 3.63) is 64.9 Å². The lowest BCUT2D eigenvalue weighted by atomic mass is 10.2. The molecule has 0 saturated heterocycles. The number of amides is 1. The summed E-state index contributed by atoms with van der Waals surface area (Å²) in [5.41, 5.74) is 0.602. The minimum Gasteiger partial charge on any atom is -0.350 e. The number of nitrogens with zero attached hydrogens (tertiary/aromatic N) is 1. The Bertz CT molecular complexity index is 843. The average molecular weight is 371 g/mol. The largest absolute Gasteiger partial charge is 0.350 e. The molecule has 0 bridgehead atoms. The van der Waals surface area contributed by atoms with Crippen LogP contribution in [0.25, 0.3) is 0 Å². The zero-order valence-electron chi connectivity index (χ0n) is 12.9. The minimum atomic E-state index is -3.68. The highest BCUT2D eigenvalue weighted by molar-refractivity contribution is 7.92. The second-order valence-electron chi connectivity index (χ2n) is 5.12. The lowest BCUT2D eigenvalue weighted by Gasteiger charge is -2.22. The molecule has 8 heteroatoms. The highest BCUT2D eigenvalue weighted by Gasteiger charge is 2.21. The Morgan fingerprint density at radius 1 is 1.21 bits per heavy atom. The summed E-state index contributed by atoms with van der Waals surface area (Å²) >= 11 is 5.87. The van der Waals surface area contributed by atoms with E-state index in [1.54, 1.807) is 30.3 Å². The Labute approximate surface area is 145 Å². The summed E-state index contributed by atoms with van der Waals surface area (Å²) in [4.78, 5) is 12.1. The molecule has 1 amide bonds. The van der Waals surface area contributed by atoms with E-state index in [2.05, 4.69) is 5.32 Å². The van der Waals surface area contributed by atoms with Crippen LogP contribution in [0.15, 0.2) is 48.5 Å². The summed E-state index contributed by atoms with van der Waals surface area (Å²) in [6.45, 7) is -0.452. The molecular formula is C16H16ClFN2O3S. The molecule has 24 heavy (non-hydrogen) atoms. The summed E-state index contributed by atoms with van der Waals surface area (Å²) in [5.74, 6) is -0.990. The third-order valence-corrected chi connectivity index (χ3v) is 4.59. The van der Waals surface area contributed by atoms with Gasteiger partial charge in [-0.15, -0.1) is 0 Å². The first kappa shape index (κ1) is 18.2. The molecule has 0 saturated carbocycles. The maximum atomic E-state index is 13.5. The van der Waals surface area contributed by atoms with E-state index in [0.29, 0.717) is 10.6 Å². The fourth-order valence-corrected chi connectivity index (χ4v) is 3.09. The third-order valence-electron chi connectivity index (χ3n) is 3.22. The minimum absolute atomic E-state index is 0.0291. The van der Waals surface area contributed by atoms with E-state index in [1.807, 2.05) is 0 Å². The molecule has 2 aromatic carbocycles. The predicted octanol–water partition coefficient (Wildman–Crippen LogP) is 2.56. The monoisotopic (exact) mass is 370 g/mol. The van der Waals surface area contributed by atoms with Gasteiger partial charge >= 0.3 is 0 Å². The number of nitrogens with one attached hydrogen (secondary N) is 1. The van der Waals surface area contributed by atoms with Gasteiger partial charge in [-0.1, -0.05) is 35.9 Å². The third kappa shape index (κ3) is 4.94. The number of sulfonamides is 1. The Kier molecular flexibility index (Phi) is 5.80. The molecular weight excluding hydrogens is 355 g/mol. The van der Waals surface area contributed by atoms with E-state index < -0.39 is 28.3 Å². The van der Waals surface area contributed by atoms with Gasteiger partial charge in [-0.25, -0.2) is 12.8 Å². The summed E-state index contributed by atoms with van der Waals surface area (Å²) in [6.07, 6.45) is 0.998. The van der Waals surface area contributed by atoms with Crippen molar-refractivity contribution in [2.24, 2.45) is 0 Å². The lowest BCUT2D eigenvalue weighted by Crippen LogP contribution is -2.40. The average Bonchev–Trinajstić information content (AvgIpc) is 2.50. The van der Waals surface area contributed by atoms with Crippen LogP contribution in [0.1, 0.15) is 5.56 Å². The van der Waals surface area contributed by atoms with Crippen LogP contribution in [0.5, 0.6) is 0 Å². The van der Waals surface area contributed by atoms with Gasteiger partial charge in [0.2, 0.25) is 15.9 Å². The van der Waals surface area contributed by atoms with Gasteiger partial charge in [0.05, 0.1) is 11.9 Å². The van der Waals surface area contributed by atoms with Crippen LogP contribution in [0.3, 0.4) is 0 Å². The molecule has 0 spiro atoms. The van der Waals surface area contributed by atoms with E-state index in [4.69, 9.17) is 11.6 Å². The van der Waals surface area contributed by atoms with Crippen molar-refractivity contribution in [2.45, 2.75) is 6.54 Å². The van der Waals surface area contributed by atoms with Crippen molar-refractivity contribution in [1.29, 1.82) is 0 Å². The predicted molar refractivity (Wildman–Crippen MR) is 91.9 cm³/mol. The van der Waals surface area contributed by atoms with Crippen molar-refractivity contribution < 1.29 is 17.6 Å². The van der Waals surface area contributed by atoms with E-state index >= 15 is 0 Å². The Balaban J connectivity index is 2.10. The molecule has 1 N–H and O–H groups in total. The van der Waals surface area contributed by atoms with Crippen LogP contribution in [0, 0.1) is 5.82 Å². The van der Waals surface area contributed by atoms with Gasteiger partial charge in [-0.2, -0.15) is 0 Å². The van der Waals surface area contributed by atoms with E-state index in [9.17, 15) is 17.6 Å². The fraction of sp³-hybridized carbons (Fsp3) is 0.188. The zero-order valence-corrected chi connectivity index (χ0v) is 14.4. The van der Waals surface area contributed by atoms with Gasteiger partial charge in [0.25, 0.3) is 0 Å². The van der Waals surface area contributed by atoms with E-state index in [-0.39, 0.29) is 12.2 Å².